The van der Waals surface area contributed by atoms with Crippen LogP contribution in [0.25, 0.3) is 11.3 Å². The van der Waals surface area contributed by atoms with Crippen molar-refractivity contribution in [2.24, 2.45) is 5.92 Å². The zero-order valence-electron chi connectivity index (χ0n) is 16.7. The standard InChI is InChI=1S/C21H26N2O5S/c1-3-27-21(24)23-12-10-16(11-13-23)15-28-18-6-9-20(22-14-18)17-4-7-19(8-5-17)29(2,25)26/h4-9,14,16H,3,10-13,15H2,1-2H3. The summed E-state index contributed by atoms with van der Waals surface area (Å²) in [4.78, 5) is 18.2. The van der Waals surface area contributed by atoms with Gasteiger partial charge in [-0.15, -0.1) is 0 Å². The third kappa shape index (κ3) is 5.69. The van der Waals surface area contributed by atoms with Crippen molar-refractivity contribution in [2.45, 2.75) is 24.7 Å². The quantitative estimate of drug-likeness (QED) is 0.715. The van der Waals surface area contributed by atoms with E-state index in [0.717, 1.165) is 24.1 Å². The average molecular weight is 419 g/mol. The lowest BCUT2D eigenvalue weighted by Gasteiger charge is -2.31. The molecule has 29 heavy (non-hydrogen) atoms. The fourth-order valence-corrected chi connectivity index (χ4v) is 3.85. The van der Waals surface area contributed by atoms with Gasteiger partial charge in [-0.05, 0) is 49.9 Å². The van der Waals surface area contributed by atoms with Crippen LogP contribution >= 0.6 is 0 Å². The van der Waals surface area contributed by atoms with Crippen LogP contribution in [0.5, 0.6) is 5.75 Å². The molecule has 1 aromatic carbocycles. The number of piperidine rings is 1. The molecule has 7 nitrogen and oxygen atoms in total. The molecule has 1 aliphatic heterocycles. The van der Waals surface area contributed by atoms with E-state index < -0.39 is 9.84 Å². The second kappa shape index (κ2) is 9.26. The lowest BCUT2D eigenvalue weighted by Crippen LogP contribution is -2.40. The van der Waals surface area contributed by atoms with E-state index in [2.05, 4.69) is 4.98 Å². The highest BCUT2D eigenvalue weighted by molar-refractivity contribution is 7.90. The first-order chi connectivity index (χ1) is 13.9. The van der Waals surface area contributed by atoms with Crippen LogP contribution < -0.4 is 4.74 Å². The first-order valence-corrected chi connectivity index (χ1v) is 11.6. The van der Waals surface area contributed by atoms with Crippen LogP contribution in [0.15, 0.2) is 47.5 Å². The molecule has 2 heterocycles. The van der Waals surface area contributed by atoms with Crippen molar-refractivity contribution in [3.8, 4) is 17.0 Å². The summed E-state index contributed by atoms with van der Waals surface area (Å²) in [5.74, 6) is 1.08. The third-order valence-corrected chi connectivity index (χ3v) is 6.07. The number of hydrogen-bond acceptors (Lipinski definition) is 6. The maximum absolute atomic E-state index is 11.7. The Balaban J connectivity index is 1.51. The van der Waals surface area contributed by atoms with Crippen LogP contribution in [0.4, 0.5) is 4.79 Å². The van der Waals surface area contributed by atoms with Crippen LogP contribution in [0.3, 0.4) is 0 Å². The maximum atomic E-state index is 11.7. The molecule has 0 radical (unpaired) electrons. The van der Waals surface area contributed by atoms with Crippen molar-refractivity contribution in [1.29, 1.82) is 0 Å². The Kier molecular flexibility index (Phi) is 6.74. The minimum atomic E-state index is -3.21. The van der Waals surface area contributed by atoms with Gasteiger partial charge in [0.25, 0.3) is 0 Å². The molecule has 0 unspecified atom stereocenters. The van der Waals surface area contributed by atoms with Crippen molar-refractivity contribution in [3.05, 3.63) is 42.6 Å². The number of benzene rings is 1. The number of likely N-dealkylation sites (tertiary alicyclic amines) is 1. The van der Waals surface area contributed by atoms with E-state index in [0.29, 0.717) is 38.0 Å². The summed E-state index contributed by atoms with van der Waals surface area (Å²) in [5, 5.41) is 0. The molecule has 1 aromatic heterocycles. The lowest BCUT2D eigenvalue weighted by molar-refractivity contribution is 0.0844. The number of pyridine rings is 1. The number of hydrogen-bond donors (Lipinski definition) is 0. The smallest absolute Gasteiger partial charge is 0.409 e. The normalized spacial score (nSPS) is 15.2. The molecule has 0 aliphatic carbocycles. The van der Waals surface area contributed by atoms with Gasteiger partial charge in [0, 0.05) is 24.9 Å². The summed E-state index contributed by atoms with van der Waals surface area (Å²) in [5.41, 5.74) is 1.59. The molecule has 0 saturated carbocycles. The Bertz CT molecular complexity index is 919. The van der Waals surface area contributed by atoms with Gasteiger partial charge in [0.05, 0.1) is 30.0 Å². The van der Waals surface area contributed by atoms with Crippen LogP contribution in [0.2, 0.25) is 0 Å². The monoisotopic (exact) mass is 418 g/mol. The number of nitrogens with zero attached hydrogens (tertiary/aromatic N) is 2. The summed E-state index contributed by atoms with van der Waals surface area (Å²) in [6.45, 7) is 4.16. The Morgan fingerprint density at radius 1 is 1.14 bits per heavy atom. The molecule has 0 bridgehead atoms. The van der Waals surface area contributed by atoms with Gasteiger partial charge in [0.2, 0.25) is 0 Å². The predicted octanol–water partition coefficient (Wildman–Crippen LogP) is 3.40. The molecule has 0 N–H and O–H groups in total. The Hall–Kier alpha value is -2.61. The topological polar surface area (TPSA) is 85.8 Å². The molecule has 0 spiro atoms. The number of ether oxygens (including phenoxy) is 2. The summed E-state index contributed by atoms with van der Waals surface area (Å²) in [7, 11) is -3.21. The van der Waals surface area contributed by atoms with Gasteiger partial charge in [-0.25, -0.2) is 13.2 Å². The zero-order valence-corrected chi connectivity index (χ0v) is 17.5. The fourth-order valence-electron chi connectivity index (χ4n) is 3.22. The highest BCUT2D eigenvalue weighted by Gasteiger charge is 2.23. The van der Waals surface area contributed by atoms with E-state index in [1.54, 1.807) is 35.4 Å². The highest BCUT2D eigenvalue weighted by atomic mass is 32.2. The van der Waals surface area contributed by atoms with Crippen molar-refractivity contribution >= 4 is 15.9 Å². The molecule has 3 rings (SSSR count). The van der Waals surface area contributed by atoms with Crippen molar-refractivity contribution in [3.63, 3.8) is 0 Å². The largest absolute Gasteiger partial charge is 0.492 e. The molecular formula is C21H26N2O5S. The summed E-state index contributed by atoms with van der Waals surface area (Å²) in [6, 6.07) is 10.4. The Morgan fingerprint density at radius 3 is 2.38 bits per heavy atom. The highest BCUT2D eigenvalue weighted by Crippen LogP contribution is 2.23. The van der Waals surface area contributed by atoms with Crippen LogP contribution in [0.1, 0.15) is 19.8 Å². The second-order valence-corrected chi connectivity index (χ2v) is 9.13. The van der Waals surface area contributed by atoms with Gasteiger partial charge in [-0.1, -0.05) is 12.1 Å². The van der Waals surface area contributed by atoms with Crippen LogP contribution in [0, 0.1) is 5.92 Å². The number of rotatable bonds is 6. The van der Waals surface area contributed by atoms with E-state index in [9.17, 15) is 13.2 Å². The van der Waals surface area contributed by atoms with Gasteiger partial charge >= 0.3 is 6.09 Å². The summed E-state index contributed by atoms with van der Waals surface area (Å²) in [6.07, 6.45) is 4.39. The fraction of sp³-hybridized carbons (Fsp3) is 0.429. The predicted molar refractivity (Wildman–Crippen MR) is 110 cm³/mol. The molecule has 1 saturated heterocycles. The molecule has 1 fully saturated rings. The van der Waals surface area contributed by atoms with Crippen molar-refractivity contribution < 1.29 is 22.7 Å². The van der Waals surface area contributed by atoms with E-state index >= 15 is 0 Å². The van der Waals surface area contributed by atoms with E-state index in [-0.39, 0.29) is 11.0 Å². The summed E-state index contributed by atoms with van der Waals surface area (Å²) >= 11 is 0. The van der Waals surface area contributed by atoms with Gasteiger partial charge < -0.3 is 14.4 Å². The van der Waals surface area contributed by atoms with Gasteiger partial charge in [-0.3, -0.25) is 4.98 Å². The number of carbonyl (C=O) groups excluding carboxylic acids is 1. The van der Waals surface area contributed by atoms with E-state index in [1.807, 2.05) is 19.1 Å². The molecular weight excluding hydrogens is 392 g/mol. The van der Waals surface area contributed by atoms with Gasteiger partial charge in [0.15, 0.2) is 9.84 Å². The first-order valence-electron chi connectivity index (χ1n) is 9.68. The number of aromatic nitrogens is 1. The van der Waals surface area contributed by atoms with Crippen LogP contribution in [-0.4, -0.2) is 57.0 Å². The van der Waals surface area contributed by atoms with Gasteiger partial charge in [0.1, 0.15) is 5.75 Å². The van der Waals surface area contributed by atoms with Crippen LogP contribution in [-0.2, 0) is 14.6 Å². The molecule has 8 heteroatoms. The Morgan fingerprint density at radius 2 is 1.83 bits per heavy atom. The molecule has 1 amide bonds. The Labute approximate surface area is 171 Å². The second-order valence-electron chi connectivity index (χ2n) is 7.12. The molecule has 2 aromatic rings. The minimum Gasteiger partial charge on any atom is -0.492 e. The number of carbonyl (C=O) groups is 1. The number of amides is 1. The van der Waals surface area contributed by atoms with Gasteiger partial charge in [-0.2, -0.15) is 0 Å². The van der Waals surface area contributed by atoms with E-state index in [4.69, 9.17) is 9.47 Å². The minimum absolute atomic E-state index is 0.240. The molecule has 156 valence electrons. The zero-order chi connectivity index (χ0) is 20.9. The van der Waals surface area contributed by atoms with Crippen molar-refractivity contribution in [2.75, 3.05) is 32.6 Å². The average Bonchev–Trinajstić information content (AvgIpc) is 2.73. The number of sulfone groups is 1. The maximum Gasteiger partial charge on any atom is 0.409 e. The van der Waals surface area contributed by atoms with E-state index in [1.165, 1.54) is 6.26 Å². The molecule has 0 atom stereocenters. The van der Waals surface area contributed by atoms with Crippen molar-refractivity contribution in [1.82, 2.24) is 9.88 Å². The first kappa shape index (κ1) is 21.1. The summed E-state index contributed by atoms with van der Waals surface area (Å²) < 4.78 is 34.0. The third-order valence-electron chi connectivity index (χ3n) is 4.94. The molecule has 1 aliphatic rings. The lowest BCUT2D eigenvalue weighted by atomic mass is 9.98. The SMILES string of the molecule is CCOC(=O)N1CCC(COc2ccc(-c3ccc(S(C)(=O)=O)cc3)nc2)CC1.